The molecule has 3 rings (SSSR count). The highest BCUT2D eigenvalue weighted by atomic mass is 31.2. The number of non-ortho nitro benzene ring substituents is 1. The monoisotopic (exact) mass is 386 g/mol. The summed E-state index contributed by atoms with van der Waals surface area (Å²) in [4.78, 5) is 15.2. The number of aryl methyl sites for hydroxylation is 1. The molecule has 0 bridgehead atoms. The molecule has 0 aliphatic carbocycles. The van der Waals surface area contributed by atoms with Crippen LogP contribution in [0.25, 0.3) is 0 Å². The van der Waals surface area contributed by atoms with E-state index in [0.717, 1.165) is 37.2 Å². The number of aromatic nitrogens is 1. The minimum absolute atomic E-state index is 0.0857. The van der Waals surface area contributed by atoms with Crippen molar-refractivity contribution < 1.29 is 4.92 Å². The van der Waals surface area contributed by atoms with Crippen LogP contribution in [0.1, 0.15) is 39.2 Å². The first-order valence-electron chi connectivity index (χ1n) is 9.29. The van der Waals surface area contributed by atoms with Crippen LogP contribution in [0.3, 0.4) is 0 Å². The fourth-order valence-corrected chi connectivity index (χ4v) is 8.19. The van der Waals surface area contributed by atoms with E-state index in [9.17, 15) is 10.1 Å². The van der Waals surface area contributed by atoms with Crippen molar-refractivity contribution in [2.75, 3.05) is 13.1 Å². The molecule has 0 N–H and O–H groups in total. The summed E-state index contributed by atoms with van der Waals surface area (Å²) in [7, 11) is -2.18. The van der Waals surface area contributed by atoms with Gasteiger partial charge in [0.25, 0.3) is 5.69 Å². The lowest BCUT2D eigenvalue weighted by Crippen LogP contribution is -2.35. The molecule has 1 aromatic heterocycles. The fourth-order valence-electron chi connectivity index (χ4n) is 3.76. The lowest BCUT2D eigenvalue weighted by atomic mass is 10.2. The Bertz CT molecular complexity index is 885. The van der Waals surface area contributed by atoms with Crippen LogP contribution in [0, 0.1) is 17.0 Å². The Morgan fingerprint density at radius 2 is 1.78 bits per heavy atom. The van der Waals surface area contributed by atoms with Crippen LogP contribution in [0.15, 0.2) is 47.5 Å². The van der Waals surface area contributed by atoms with Gasteiger partial charge in [0, 0.05) is 48.1 Å². The first kappa shape index (κ1) is 19.7. The van der Waals surface area contributed by atoms with E-state index in [1.165, 1.54) is 5.30 Å². The summed E-state index contributed by atoms with van der Waals surface area (Å²) in [6.07, 6.45) is 5.96. The summed E-state index contributed by atoms with van der Waals surface area (Å²) in [6.45, 7) is 10.7. The van der Waals surface area contributed by atoms with Crippen LogP contribution in [-0.2, 0) is 0 Å². The first-order chi connectivity index (χ1) is 12.8. The molecule has 1 saturated heterocycles. The van der Waals surface area contributed by atoms with Crippen LogP contribution in [0.4, 0.5) is 11.4 Å². The Morgan fingerprint density at radius 1 is 1.15 bits per heavy atom. The van der Waals surface area contributed by atoms with Gasteiger partial charge in [0.15, 0.2) is 0 Å². The van der Waals surface area contributed by atoms with Gasteiger partial charge in [-0.2, -0.15) is 0 Å². The zero-order valence-electron chi connectivity index (χ0n) is 16.4. The molecule has 1 aliphatic heterocycles. The second kappa shape index (κ2) is 7.53. The van der Waals surface area contributed by atoms with E-state index >= 15 is 0 Å². The maximum atomic E-state index is 11.3. The van der Waals surface area contributed by atoms with Crippen LogP contribution >= 0.6 is 7.21 Å². The lowest BCUT2D eigenvalue weighted by molar-refractivity contribution is -0.384. The highest BCUT2D eigenvalue weighted by Gasteiger charge is 2.42. The summed E-state index contributed by atoms with van der Waals surface area (Å²) >= 11 is 0. The Morgan fingerprint density at radius 3 is 2.33 bits per heavy atom. The van der Waals surface area contributed by atoms with Crippen LogP contribution in [0.5, 0.6) is 0 Å². The van der Waals surface area contributed by atoms with E-state index in [2.05, 4.69) is 42.6 Å². The number of hydrogen-bond donors (Lipinski definition) is 0. The molecular formula is C20H27N4O2P. The number of rotatable bonds is 4. The molecule has 0 spiro atoms. The molecule has 1 aromatic carbocycles. The molecule has 1 unspecified atom stereocenters. The van der Waals surface area contributed by atoms with Crippen molar-refractivity contribution in [2.45, 2.75) is 45.7 Å². The van der Waals surface area contributed by atoms with E-state index < -0.39 is 7.21 Å². The zero-order valence-corrected chi connectivity index (χ0v) is 17.3. The van der Waals surface area contributed by atoms with E-state index in [4.69, 9.17) is 4.74 Å². The van der Waals surface area contributed by atoms with Crippen molar-refractivity contribution in [3.05, 3.63) is 58.4 Å². The topological polar surface area (TPSA) is 71.6 Å². The van der Waals surface area contributed by atoms with Gasteiger partial charge < -0.3 is 0 Å². The molecule has 1 atom stereocenters. The highest BCUT2D eigenvalue weighted by molar-refractivity contribution is 7.73. The average Bonchev–Trinajstić information content (AvgIpc) is 3.15. The molecule has 1 aliphatic rings. The Balaban J connectivity index is 2.35. The van der Waals surface area contributed by atoms with Gasteiger partial charge in [0.2, 0.25) is 0 Å². The number of benzene rings is 1. The van der Waals surface area contributed by atoms with E-state index in [-0.39, 0.29) is 15.8 Å². The second-order valence-corrected chi connectivity index (χ2v) is 11.8. The molecule has 0 amide bonds. The molecular weight excluding hydrogens is 359 g/mol. The number of hydrogen-bond acceptors (Lipinski definition) is 4. The smallest absolute Gasteiger partial charge is 0.265 e. The van der Waals surface area contributed by atoms with Gasteiger partial charge in [-0.3, -0.25) is 19.8 Å². The zero-order chi connectivity index (χ0) is 19.7. The van der Waals surface area contributed by atoms with Crippen molar-refractivity contribution >= 4 is 23.9 Å². The maximum absolute atomic E-state index is 11.3. The molecule has 144 valence electrons. The third kappa shape index (κ3) is 3.69. The summed E-state index contributed by atoms with van der Waals surface area (Å²) in [5.74, 6) is 0. The van der Waals surface area contributed by atoms with E-state index in [1.54, 1.807) is 18.2 Å². The Labute approximate surface area is 160 Å². The molecule has 2 heterocycles. The second-order valence-electron chi connectivity index (χ2n) is 7.97. The van der Waals surface area contributed by atoms with Crippen LogP contribution in [0.2, 0.25) is 0 Å². The quantitative estimate of drug-likeness (QED) is 0.408. The van der Waals surface area contributed by atoms with Crippen LogP contribution < -0.4 is 5.30 Å². The van der Waals surface area contributed by atoms with Gasteiger partial charge in [-0.15, -0.1) is 0 Å². The van der Waals surface area contributed by atoms with E-state index in [1.807, 2.05) is 19.3 Å². The SMILES string of the molecule is Cc1ccc([N+](=O)[O-])cc1N=P(c1ccncc1)(N1CCCC1)C(C)(C)C. The molecule has 0 saturated carbocycles. The van der Waals surface area contributed by atoms with Crippen molar-refractivity contribution in [2.24, 2.45) is 4.74 Å². The van der Waals surface area contributed by atoms with Crippen LogP contribution in [-0.4, -0.2) is 32.8 Å². The third-order valence-corrected chi connectivity index (χ3v) is 9.72. The van der Waals surface area contributed by atoms with Gasteiger partial charge in [0.05, 0.1) is 17.8 Å². The molecule has 2 aromatic rings. The van der Waals surface area contributed by atoms with Gasteiger partial charge in [-0.1, -0.05) is 26.8 Å². The van der Waals surface area contributed by atoms with Crippen molar-refractivity contribution in [3.63, 3.8) is 0 Å². The van der Waals surface area contributed by atoms with Gasteiger partial charge in [-0.25, -0.2) is 4.74 Å². The lowest BCUT2D eigenvalue weighted by Gasteiger charge is -2.44. The largest absolute Gasteiger partial charge is 0.271 e. The van der Waals surface area contributed by atoms with E-state index in [0.29, 0.717) is 0 Å². The minimum Gasteiger partial charge on any atom is -0.265 e. The summed E-state index contributed by atoms with van der Waals surface area (Å²) < 4.78 is 7.89. The number of nitrogens with zero attached hydrogens (tertiary/aromatic N) is 4. The molecule has 6 nitrogen and oxygen atoms in total. The number of pyridine rings is 1. The predicted octanol–water partition coefficient (Wildman–Crippen LogP) is 5.27. The van der Waals surface area contributed by atoms with Gasteiger partial charge in [-0.05, 0) is 37.5 Å². The maximum Gasteiger partial charge on any atom is 0.271 e. The molecule has 1 fully saturated rings. The third-order valence-electron chi connectivity index (χ3n) is 5.11. The average molecular weight is 386 g/mol. The Hall–Kier alpha value is -2.04. The van der Waals surface area contributed by atoms with Gasteiger partial charge >= 0.3 is 0 Å². The normalized spacial score (nSPS) is 17.5. The van der Waals surface area contributed by atoms with Crippen molar-refractivity contribution in [1.82, 2.24) is 9.65 Å². The fraction of sp³-hybridized carbons (Fsp3) is 0.450. The summed E-state index contributed by atoms with van der Waals surface area (Å²) in [6, 6.07) is 9.09. The highest BCUT2D eigenvalue weighted by Crippen LogP contribution is 2.65. The number of nitro benzene ring substituents is 1. The summed E-state index contributed by atoms with van der Waals surface area (Å²) in [5.41, 5.74) is 1.76. The predicted molar refractivity (Wildman–Crippen MR) is 111 cm³/mol. The molecule has 27 heavy (non-hydrogen) atoms. The summed E-state index contributed by atoms with van der Waals surface area (Å²) in [5, 5.41) is 12.4. The number of nitro groups is 1. The molecule has 7 heteroatoms. The first-order valence-corrected chi connectivity index (χ1v) is 11.0. The molecule has 0 radical (unpaired) electrons. The van der Waals surface area contributed by atoms with Crippen molar-refractivity contribution in [1.29, 1.82) is 0 Å². The minimum atomic E-state index is -2.18. The standard InChI is InChI=1S/C20H27N4O2P/c1-16-7-8-17(24(25)26)15-19(16)22-27(20(2,3)4,23-13-5-6-14-23)18-9-11-21-12-10-18/h7-12,15H,5-6,13-14H2,1-4H3. The Kier molecular flexibility index (Phi) is 5.50. The van der Waals surface area contributed by atoms with Crippen molar-refractivity contribution in [3.8, 4) is 0 Å². The van der Waals surface area contributed by atoms with Gasteiger partial charge in [0.1, 0.15) is 0 Å².